The van der Waals surface area contributed by atoms with Crippen molar-refractivity contribution in [1.29, 1.82) is 0 Å². The van der Waals surface area contributed by atoms with Crippen molar-refractivity contribution in [2.75, 3.05) is 20.8 Å². The second-order valence-corrected chi connectivity index (χ2v) is 13.2. The summed E-state index contributed by atoms with van der Waals surface area (Å²) in [5.74, 6) is -2.44. The molecule has 0 aliphatic rings. The molecule has 2 rings (SSSR count). The maximum Gasteiger partial charge on any atom is 0.326 e. The van der Waals surface area contributed by atoms with Crippen molar-refractivity contribution in [2.24, 2.45) is 0 Å². The lowest BCUT2D eigenvalue weighted by Gasteiger charge is -2.36. The van der Waals surface area contributed by atoms with Crippen LogP contribution in [0.2, 0.25) is 18.1 Å². The lowest BCUT2D eigenvalue weighted by atomic mass is 9.98. The third-order valence-corrected chi connectivity index (χ3v) is 10.2. The van der Waals surface area contributed by atoms with Crippen LogP contribution in [-0.4, -0.2) is 46.1 Å². The largest absolute Gasteiger partial charge is 0.468 e. The fraction of sp³-hybridized carbons (Fsp3) is 0.524. The fourth-order valence-electron chi connectivity index (χ4n) is 2.93. The molecule has 0 amide bonds. The van der Waals surface area contributed by atoms with E-state index >= 15 is 0 Å². The van der Waals surface area contributed by atoms with Crippen LogP contribution in [0.5, 0.6) is 0 Å². The third-order valence-electron chi connectivity index (χ3n) is 5.63. The van der Waals surface area contributed by atoms with Gasteiger partial charge >= 0.3 is 11.9 Å². The van der Waals surface area contributed by atoms with Crippen molar-refractivity contribution < 1.29 is 23.5 Å². The summed E-state index contributed by atoms with van der Waals surface area (Å²) in [4.78, 5) is 27.9. The van der Waals surface area contributed by atoms with Crippen molar-refractivity contribution in [3.63, 3.8) is 0 Å². The Morgan fingerprint density at radius 3 is 2.18 bits per heavy atom. The second-order valence-electron chi connectivity index (χ2n) is 8.40. The molecule has 2 aromatic rings. The van der Waals surface area contributed by atoms with E-state index in [2.05, 4.69) is 38.8 Å². The molecular weight excluding hydrogens is 374 g/mol. The molecule has 0 fully saturated rings. The average molecular weight is 406 g/mol. The zero-order chi connectivity index (χ0) is 21.1. The van der Waals surface area contributed by atoms with Gasteiger partial charge in [-0.1, -0.05) is 39.0 Å². The number of aromatic amines is 1. The van der Waals surface area contributed by atoms with Crippen molar-refractivity contribution in [2.45, 2.75) is 51.2 Å². The quantitative estimate of drug-likeness (QED) is 0.425. The lowest BCUT2D eigenvalue weighted by molar-refractivity contribution is -0.154. The number of carbonyl (C=O) groups is 2. The molecule has 0 atom stereocenters. The Morgan fingerprint density at radius 2 is 1.64 bits per heavy atom. The minimum Gasteiger partial charge on any atom is -0.468 e. The van der Waals surface area contributed by atoms with E-state index in [0.717, 1.165) is 16.5 Å². The normalized spacial score (nSPS) is 12.4. The van der Waals surface area contributed by atoms with Crippen LogP contribution in [-0.2, 0) is 29.9 Å². The van der Waals surface area contributed by atoms with Crippen LogP contribution in [0.4, 0.5) is 0 Å². The van der Waals surface area contributed by atoms with Gasteiger partial charge in [-0.3, -0.25) is 9.59 Å². The number of fused-ring (bicyclic) bond motifs is 1. The van der Waals surface area contributed by atoms with E-state index in [1.165, 1.54) is 14.2 Å². The molecule has 1 aromatic carbocycles. The van der Waals surface area contributed by atoms with Crippen LogP contribution in [0.25, 0.3) is 10.9 Å². The molecule has 0 saturated heterocycles. The first-order chi connectivity index (χ1) is 13.0. The summed E-state index contributed by atoms with van der Waals surface area (Å²) < 4.78 is 16.0. The fourth-order valence-corrected chi connectivity index (χ4v) is 3.97. The van der Waals surface area contributed by atoms with Crippen molar-refractivity contribution >= 4 is 31.2 Å². The van der Waals surface area contributed by atoms with Crippen LogP contribution < -0.4 is 0 Å². The van der Waals surface area contributed by atoms with E-state index in [-0.39, 0.29) is 5.04 Å². The van der Waals surface area contributed by atoms with Crippen LogP contribution in [0, 0.1) is 0 Å². The predicted molar refractivity (Wildman–Crippen MR) is 112 cm³/mol. The molecule has 6 nitrogen and oxygen atoms in total. The Hall–Kier alpha value is -2.12. The molecule has 1 aromatic heterocycles. The van der Waals surface area contributed by atoms with Gasteiger partial charge in [-0.15, -0.1) is 0 Å². The van der Waals surface area contributed by atoms with Gasteiger partial charge in [-0.25, -0.2) is 0 Å². The zero-order valence-electron chi connectivity index (χ0n) is 17.8. The molecule has 0 aliphatic carbocycles. The molecule has 0 unspecified atom stereocenters. The van der Waals surface area contributed by atoms with E-state index in [1.807, 2.05) is 24.3 Å². The predicted octanol–water partition coefficient (Wildman–Crippen LogP) is 4.16. The van der Waals surface area contributed by atoms with Gasteiger partial charge < -0.3 is 18.9 Å². The molecule has 28 heavy (non-hydrogen) atoms. The first kappa shape index (κ1) is 22.2. The molecule has 1 heterocycles. The SMILES string of the molecule is COC(=O)C(C(=O)OC)c1[nH]c2ccccc2c1CCO[Si](C)(C)C(C)(C)C. The number of nitrogens with one attached hydrogen (secondary N) is 1. The number of benzene rings is 1. The summed E-state index contributed by atoms with van der Waals surface area (Å²) in [5.41, 5.74) is 2.26. The molecule has 0 bridgehead atoms. The van der Waals surface area contributed by atoms with Gasteiger partial charge in [0.1, 0.15) is 0 Å². The zero-order valence-corrected chi connectivity index (χ0v) is 18.8. The third kappa shape index (κ3) is 4.47. The van der Waals surface area contributed by atoms with Gasteiger partial charge in [0.05, 0.1) is 14.2 Å². The van der Waals surface area contributed by atoms with E-state index in [0.29, 0.717) is 18.7 Å². The van der Waals surface area contributed by atoms with Crippen LogP contribution >= 0.6 is 0 Å². The van der Waals surface area contributed by atoms with Gasteiger partial charge in [0.2, 0.25) is 0 Å². The number of H-pyrrole nitrogens is 1. The summed E-state index contributed by atoms with van der Waals surface area (Å²) >= 11 is 0. The Kier molecular flexibility index (Phi) is 6.72. The minimum absolute atomic E-state index is 0.108. The molecule has 0 spiro atoms. The van der Waals surface area contributed by atoms with Crippen LogP contribution in [0.1, 0.15) is 37.9 Å². The highest BCUT2D eigenvalue weighted by atomic mass is 28.4. The van der Waals surface area contributed by atoms with Gasteiger partial charge in [-0.2, -0.15) is 0 Å². The van der Waals surface area contributed by atoms with Crippen molar-refractivity contribution in [1.82, 2.24) is 4.98 Å². The van der Waals surface area contributed by atoms with E-state index < -0.39 is 26.2 Å². The number of ether oxygens (including phenoxy) is 2. The number of para-hydroxylation sites is 1. The molecule has 154 valence electrons. The molecule has 0 radical (unpaired) electrons. The van der Waals surface area contributed by atoms with E-state index in [4.69, 9.17) is 13.9 Å². The smallest absolute Gasteiger partial charge is 0.326 e. The first-order valence-corrected chi connectivity index (χ1v) is 12.3. The molecule has 1 N–H and O–H groups in total. The summed E-state index contributed by atoms with van der Waals surface area (Å²) in [6.45, 7) is 11.5. The molecule has 7 heteroatoms. The maximum atomic E-state index is 12.3. The van der Waals surface area contributed by atoms with Gasteiger partial charge in [-0.05, 0) is 36.2 Å². The summed E-state index contributed by atoms with van der Waals surface area (Å²) in [7, 11) is 0.629. The Balaban J connectivity index is 2.42. The first-order valence-electron chi connectivity index (χ1n) is 9.42. The average Bonchev–Trinajstić information content (AvgIpc) is 2.98. The van der Waals surface area contributed by atoms with Crippen LogP contribution in [0.15, 0.2) is 24.3 Å². The summed E-state index contributed by atoms with van der Waals surface area (Å²) in [6.07, 6.45) is 0.580. The van der Waals surface area contributed by atoms with Gasteiger partial charge in [0.25, 0.3) is 0 Å². The highest BCUT2D eigenvalue weighted by Gasteiger charge is 2.38. The van der Waals surface area contributed by atoms with Crippen molar-refractivity contribution in [3.8, 4) is 0 Å². The standard InChI is InChI=1S/C21H31NO5Si/c1-21(2,3)28(6,7)27-13-12-15-14-10-8-9-11-16(14)22-18(15)17(19(23)25-4)20(24)26-5/h8-11,17,22H,12-13H2,1-7H3. The number of hydrogen-bond donors (Lipinski definition) is 1. The highest BCUT2D eigenvalue weighted by molar-refractivity contribution is 6.74. The monoisotopic (exact) mass is 405 g/mol. The second kappa shape index (κ2) is 8.49. The van der Waals surface area contributed by atoms with Gasteiger partial charge in [0, 0.05) is 23.2 Å². The molecular formula is C21H31NO5Si. The van der Waals surface area contributed by atoms with Gasteiger partial charge in [0.15, 0.2) is 14.2 Å². The lowest BCUT2D eigenvalue weighted by Crippen LogP contribution is -2.41. The minimum atomic E-state index is -1.90. The topological polar surface area (TPSA) is 77.6 Å². The summed E-state index contributed by atoms with van der Waals surface area (Å²) in [5, 5.41) is 1.07. The van der Waals surface area contributed by atoms with E-state index in [9.17, 15) is 9.59 Å². The Morgan fingerprint density at radius 1 is 1.07 bits per heavy atom. The number of hydrogen-bond acceptors (Lipinski definition) is 5. The Bertz CT molecular complexity index is 834. The number of aromatic nitrogens is 1. The number of carbonyl (C=O) groups excluding carboxylic acids is 2. The van der Waals surface area contributed by atoms with Crippen molar-refractivity contribution in [3.05, 3.63) is 35.5 Å². The van der Waals surface area contributed by atoms with E-state index in [1.54, 1.807) is 0 Å². The summed E-state index contributed by atoms with van der Waals surface area (Å²) in [6, 6.07) is 7.73. The molecule has 0 saturated carbocycles. The Labute approximate surface area is 167 Å². The van der Waals surface area contributed by atoms with Crippen LogP contribution in [0.3, 0.4) is 0 Å². The maximum absolute atomic E-state index is 12.3. The number of rotatable bonds is 7. The number of esters is 2. The molecule has 0 aliphatic heterocycles. The highest BCUT2D eigenvalue weighted by Crippen LogP contribution is 2.37. The number of methoxy groups -OCH3 is 2.